The minimum atomic E-state index is -0.0468. The van der Waals surface area contributed by atoms with Gasteiger partial charge in [-0.2, -0.15) is 0 Å². The van der Waals surface area contributed by atoms with E-state index in [0.717, 1.165) is 63.6 Å². The lowest BCUT2D eigenvalue weighted by atomic mass is 9.80. The molecule has 8 rings (SSSR count). The van der Waals surface area contributed by atoms with Crippen LogP contribution >= 0.6 is 0 Å². The van der Waals surface area contributed by atoms with Crippen molar-refractivity contribution in [3.05, 3.63) is 173 Å². The first kappa shape index (κ1) is 30.9. The van der Waals surface area contributed by atoms with Gasteiger partial charge in [-0.3, -0.25) is 9.98 Å². The fourth-order valence-corrected chi connectivity index (χ4v) is 7.72. The van der Waals surface area contributed by atoms with E-state index in [1.54, 1.807) is 0 Å². The molecule has 1 aliphatic carbocycles. The second-order valence-electron chi connectivity index (χ2n) is 14.1. The molecule has 0 fully saturated rings. The van der Waals surface area contributed by atoms with E-state index in [0.29, 0.717) is 5.92 Å². The van der Waals surface area contributed by atoms with Gasteiger partial charge in [0, 0.05) is 27.8 Å². The van der Waals surface area contributed by atoms with Crippen molar-refractivity contribution in [3.63, 3.8) is 0 Å². The van der Waals surface area contributed by atoms with Gasteiger partial charge in [-0.1, -0.05) is 154 Å². The molecular weight excluding hydrogens is 595 g/mol. The zero-order valence-electron chi connectivity index (χ0n) is 28.7. The number of benzene rings is 5. The molecule has 2 unspecified atom stereocenters. The van der Waals surface area contributed by atoms with E-state index >= 15 is 0 Å². The molecule has 2 atom stereocenters. The number of aromatic nitrogens is 1. The van der Waals surface area contributed by atoms with Gasteiger partial charge in [0.05, 0.1) is 17.4 Å². The highest BCUT2D eigenvalue weighted by molar-refractivity contribution is 6.12. The van der Waals surface area contributed by atoms with Crippen LogP contribution in [0.25, 0.3) is 33.5 Å². The Morgan fingerprint density at radius 2 is 1.22 bits per heavy atom. The number of nitrogens with zero attached hydrogens (tertiary/aromatic N) is 3. The van der Waals surface area contributed by atoms with Crippen molar-refractivity contribution in [2.45, 2.75) is 52.0 Å². The quantitative estimate of drug-likeness (QED) is 0.186. The molecule has 240 valence electrons. The molecule has 0 spiro atoms. The third-order valence-electron chi connectivity index (χ3n) is 10.5. The average Bonchev–Trinajstić information content (AvgIpc) is 3.36. The van der Waals surface area contributed by atoms with Crippen LogP contribution < -0.4 is 0 Å². The third-order valence-corrected chi connectivity index (χ3v) is 10.5. The Balaban J connectivity index is 1.14. The summed E-state index contributed by atoms with van der Waals surface area (Å²) in [5, 5.41) is 0. The molecule has 0 amide bonds. The van der Waals surface area contributed by atoms with Crippen molar-refractivity contribution < 1.29 is 0 Å². The highest BCUT2D eigenvalue weighted by Crippen LogP contribution is 2.49. The molecule has 0 radical (unpaired) electrons. The van der Waals surface area contributed by atoms with E-state index in [9.17, 15) is 0 Å². The van der Waals surface area contributed by atoms with E-state index in [1.165, 1.54) is 27.8 Å². The minimum Gasteiger partial charge on any atom is -0.258 e. The largest absolute Gasteiger partial charge is 0.258 e. The molecule has 2 aliphatic rings. The molecule has 3 heteroatoms. The summed E-state index contributed by atoms with van der Waals surface area (Å²) in [6.07, 6.45) is 1.89. The van der Waals surface area contributed by atoms with E-state index in [4.69, 9.17) is 15.0 Å². The van der Waals surface area contributed by atoms with Crippen LogP contribution in [-0.4, -0.2) is 16.5 Å². The smallest absolute Gasteiger partial charge is 0.155 e. The summed E-state index contributed by atoms with van der Waals surface area (Å²) in [4.78, 5) is 15.8. The summed E-state index contributed by atoms with van der Waals surface area (Å²) >= 11 is 0. The molecule has 0 bridgehead atoms. The molecule has 0 saturated carbocycles. The van der Waals surface area contributed by atoms with Gasteiger partial charge in [0.1, 0.15) is 0 Å². The third kappa shape index (κ3) is 5.74. The topological polar surface area (TPSA) is 37.6 Å². The van der Waals surface area contributed by atoms with Crippen LogP contribution in [0.3, 0.4) is 0 Å². The van der Waals surface area contributed by atoms with Gasteiger partial charge in [0.15, 0.2) is 5.84 Å². The van der Waals surface area contributed by atoms with Crippen LogP contribution in [0.4, 0.5) is 0 Å². The summed E-state index contributed by atoms with van der Waals surface area (Å²) < 4.78 is 0. The predicted octanol–water partition coefficient (Wildman–Crippen LogP) is 11.4. The fraction of sp³-hybridized carbons (Fsp3) is 0.196. The van der Waals surface area contributed by atoms with Crippen LogP contribution in [0.5, 0.6) is 0 Å². The standard InChI is InChI=1S/C46H41N3/c1-30-19-27-43(34-22-20-32(21-23-34)37-26-28-42(47-31(37)2)33-13-7-5-8-14-33)48-45(35-15-9-6-10-16-35)49-44(30)36-24-25-39-38-17-11-12-18-40(38)46(3,4)41(39)29-36/h5-18,20-26,28-30,44H,19,27H2,1-4H3. The number of rotatable bonds is 5. The number of pyridine rings is 1. The first-order chi connectivity index (χ1) is 23.9. The van der Waals surface area contributed by atoms with Crippen molar-refractivity contribution in [3.8, 4) is 33.5 Å². The number of aliphatic imine (C=N–C) groups is 2. The molecule has 3 nitrogen and oxygen atoms in total. The maximum absolute atomic E-state index is 5.49. The maximum atomic E-state index is 5.49. The number of hydrogen-bond donors (Lipinski definition) is 0. The number of amidine groups is 1. The van der Waals surface area contributed by atoms with E-state index in [1.807, 2.05) is 6.07 Å². The lowest BCUT2D eigenvalue weighted by Crippen LogP contribution is -2.19. The van der Waals surface area contributed by atoms with Crippen LogP contribution in [0.15, 0.2) is 150 Å². The summed E-state index contributed by atoms with van der Waals surface area (Å²) in [6, 6.07) is 49.9. The van der Waals surface area contributed by atoms with Gasteiger partial charge in [-0.15, -0.1) is 0 Å². The van der Waals surface area contributed by atoms with Gasteiger partial charge in [0.25, 0.3) is 0 Å². The molecular formula is C46H41N3. The molecule has 1 aliphatic heterocycles. The maximum Gasteiger partial charge on any atom is 0.155 e. The van der Waals surface area contributed by atoms with Gasteiger partial charge in [-0.05, 0) is 70.7 Å². The molecule has 1 aromatic heterocycles. The Bertz CT molecular complexity index is 2210. The molecule has 2 heterocycles. The normalized spacial score (nSPS) is 18.0. The molecule has 0 N–H and O–H groups in total. The summed E-state index contributed by atoms with van der Waals surface area (Å²) in [6.45, 7) is 9.14. The van der Waals surface area contributed by atoms with Crippen LogP contribution in [-0.2, 0) is 5.41 Å². The number of aryl methyl sites for hydroxylation is 1. The SMILES string of the molecule is Cc1nc(-c2ccccc2)ccc1-c1ccc(C2=NC(c3ccccc3)=NC(c3ccc4c(c3)C(C)(C)c3ccccc3-4)C(C)CC2)cc1. The summed E-state index contributed by atoms with van der Waals surface area (Å²) in [5.74, 6) is 1.14. The molecule has 0 saturated heterocycles. The molecule has 49 heavy (non-hydrogen) atoms. The van der Waals surface area contributed by atoms with E-state index < -0.39 is 0 Å². The average molecular weight is 636 g/mol. The lowest BCUT2D eigenvalue weighted by Gasteiger charge is -2.27. The van der Waals surface area contributed by atoms with Crippen molar-refractivity contribution in [1.29, 1.82) is 0 Å². The number of fused-ring (bicyclic) bond motifs is 3. The summed E-state index contributed by atoms with van der Waals surface area (Å²) in [5.41, 5.74) is 15.4. The Morgan fingerprint density at radius 1 is 0.592 bits per heavy atom. The summed E-state index contributed by atoms with van der Waals surface area (Å²) in [7, 11) is 0. The minimum absolute atomic E-state index is 0.0158. The van der Waals surface area contributed by atoms with Crippen molar-refractivity contribution in [2.24, 2.45) is 15.9 Å². The Kier molecular flexibility index (Phi) is 7.92. The second-order valence-corrected chi connectivity index (χ2v) is 14.1. The fourth-order valence-electron chi connectivity index (χ4n) is 7.72. The monoisotopic (exact) mass is 635 g/mol. The number of hydrogen-bond acceptors (Lipinski definition) is 3. The molecule has 5 aromatic carbocycles. The van der Waals surface area contributed by atoms with Crippen molar-refractivity contribution >= 4 is 11.5 Å². The Hall–Kier alpha value is -5.41. The van der Waals surface area contributed by atoms with Crippen molar-refractivity contribution in [2.75, 3.05) is 0 Å². The Labute approximate surface area is 290 Å². The van der Waals surface area contributed by atoms with E-state index in [2.05, 4.69) is 161 Å². The zero-order chi connectivity index (χ0) is 33.5. The van der Waals surface area contributed by atoms with Gasteiger partial charge < -0.3 is 0 Å². The zero-order valence-corrected chi connectivity index (χ0v) is 28.7. The Morgan fingerprint density at radius 3 is 1.96 bits per heavy atom. The van der Waals surface area contributed by atoms with Gasteiger partial charge >= 0.3 is 0 Å². The van der Waals surface area contributed by atoms with Crippen LogP contribution in [0.1, 0.15) is 73.2 Å². The van der Waals surface area contributed by atoms with Crippen LogP contribution in [0.2, 0.25) is 0 Å². The lowest BCUT2D eigenvalue weighted by molar-refractivity contribution is 0.446. The van der Waals surface area contributed by atoms with Gasteiger partial charge in [0.2, 0.25) is 0 Å². The first-order valence-electron chi connectivity index (χ1n) is 17.5. The van der Waals surface area contributed by atoms with Crippen LogP contribution in [0, 0.1) is 12.8 Å². The highest BCUT2D eigenvalue weighted by atomic mass is 15.0. The van der Waals surface area contributed by atoms with E-state index in [-0.39, 0.29) is 11.5 Å². The molecule has 6 aromatic rings. The second kappa shape index (κ2) is 12.6. The predicted molar refractivity (Wildman–Crippen MR) is 205 cm³/mol. The first-order valence-corrected chi connectivity index (χ1v) is 17.5. The highest BCUT2D eigenvalue weighted by Gasteiger charge is 2.36. The van der Waals surface area contributed by atoms with Crippen molar-refractivity contribution in [1.82, 2.24) is 4.98 Å². The van der Waals surface area contributed by atoms with Gasteiger partial charge in [-0.25, -0.2) is 4.99 Å².